The molecule has 1 aromatic carbocycles. The van der Waals surface area contributed by atoms with Gasteiger partial charge in [0, 0.05) is 19.0 Å². The first-order chi connectivity index (χ1) is 10.7. The first kappa shape index (κ1) is 14.2. The number of amides is 1. The number of benzene rings is 1. The lowest BCUT2D eigenvalue weighted by molar-refractivity contribution is -0.127. The zero-order valence-electron chi connectivity index (χ0n) is 12.5. The third-order valence-electron chi connectivity index (χ3n) is 5.26. The molecule has 22 heavy (non-hydrogen) atoms. The Bertz CT molecular complexity index is 663. The van der Waals surface area contributed by atoms with Crippen LogP contribution in [0.2, 0.25) is 0 Å². The van der Waals surface area contributed by atoms with Crippen LogP contribution >= 0.6 is 11.3 Å². The van der Waals surface area contributed by atoms with Gasteiger partial charge in [0.25, 0.3) is 0 Å². The third-order valence-corrected chi connectivity index (χ3v) is 6.36. The van der Waals surface area contributed by atoms with Crippen molar-refractivity contribution in [2.75, 3.05) is 6.54 Å². The number of nitrogens with two attached hydrogens (primary N) is 1. The van der Waals surface area contributed by atoms with Crippen molar-refractivity contribution in [1.82, 2.24) is 10.3 Å². The standard InChI is InChI=1S/C17H21N3OS/c18-16-11-6-5-10(9-11)15(16)17(21)19-8-7-14-20-12-3-1-2-4-13(12)22-14/h1-4,10-11,15-16H,5-9,18H2,(H,19,21). The molecule has 0 spiro atoms. The van der Waals surface area contributed by atoms with Crippen LogP contribution in [0.4, 0.5) is 0 Å². The predicted molar refractivity (Wildman–Crippen MR) is 88.6 cm³/mol. The van der Waals surface area contributed by atoms with E-state index in [0.29, 0.717) is 18.4 Å². The van der Waals surface area contributed by atoms with Crippen molar-refractivity contribution in [3.8, 4) is 0 Å². The van der Waals surface area contributed by atoms with Crippen LogP contribution in [0, 0.1) is 17.8 Å². The molecule has 1 amide bonds. The van der Waals surface area contributed by atoms with Gasteiger partial charge in [-0.05, 0) is 43.2 Å². The van der Waals surface area contributed by atoms with Crippen LogP contribution in [0.3, 0.4) is 0 Å². The molecule has 4 unspecified atom stereocenters. The molecule has 2 saturated carbocycles. The van der Waals surface area contributed by atoms with Gasteiger partial charge in [-0.1, -0.05) is 12.1 Å². The highest BCUT2D eigenvalue weighted by atomic mass is 32.1. The highest BCUT2D eigenvalue weighted by molar-refractivity contribution is 7.18. The van der Waals surface area contributed by atoms with Gasteiger partial charge in [0.15, 0.2) is 0 Å². The van der Waals surface area contributed by atoms with E-state index < -0.39 is 0 Å². The number of para-hydroxylation sites is 1. The van der Waals surface area contributed by atoms with Gasteiger partial charge in [-0.3, -0.25) is 4.79 Å². The summed E-state index contributed by atoms with van der Waals surface area (Å²) in [6.45, 7) is 0.652. The Hall–Kier alpha value is -1.46. The van der Waals surface area contributed by atoms with Crippen molar-refractivity contribution in [3.63, 3.8) is 0 Å². The number of carbonyl (C=O) groups excluding carboxylic acids is 1. The van der Waals surface area contributed by atoms with Gasteiger partial charge in [-0.15, -0.1) is 11.3 Å². The molecule has 116 valence electrons. The van der Waals surface area contributed by atoms with E-state index in [1.165, 1.54) is 17.5 Å². The quantitative estimate of drug-likeness (QED) is 0.910. The lowest BCUT2D eigenvalue weighted by Gasteiger charge is -2.26. The Balaban J connectivity index is 1.34. The molecule has 1 aromatic heterocycles. The lowest BCUT2D eigenvalue weighted by atomic mass is 9.84. The summed E-state index contributed by atoms with van der Waals surface area (Å²) in [4.78, 5) is 17.0. The number of fused-ring (bicyclic) bond motifs is 3. The van der Waals surface area contributed by atoms with Crippen molar-refractivity contribution in [3.05, 3.63) is 29.3 Å². The molecule has 2 bridgehead atoms. The van der Waals surface area contributed by atoms with E-state index >= 15 is 0 Å². The third kappa shape index (κ3) is 2.42. The van der Waals surface area contributed by atoms with Gasteiger partial charge in [0.2, 0.25) is 5.91 Å². The fourth-order valence-corrected chi connectivity index (χ4v) is 5.13. The Kier molecular flexibility index (Phi) is 3.62. The summed E-state index contributed by atoms with van der Waals surface area (Å²) in [7, 11) is 0. The number of rotatable bonds is 4. The Morgan fingerprint density at radius 1 is 1.32 bits per heavy atom. The van der Waals surface area contributed by atoms with Crippen LogP contribution in [-0.2, 0) is 11.2 Å². The summed E-state index contributed by atoms with van der Waals surface area (Å²) in [6, 6.07) is 8.22. The molecule has 2 fully saturated rings. The fourth-order valence-electron chi connectivity index (χ4n) is 4.16. The van der Waals surface area contributed by atoms with Gasteiger partial charge in [0.05, 0.1) is 21.1 Å². The average Bonchev–Trinajstić information content (AvgIpc) is 3.19. The van der Waals surface area contributed by atoms with Crippen LogP contribution < -0.4 is 11.1 Å². The minimum atomic E-state index is 0.0362. The molecule has 4 rings (SSSR count). The molecule has 0 aliphatic heterocycles. The topological polar surface area (TPSA) is 68.0 Å². The highest BCUT2D eigenvalue weighted by Crippen LogP contribution is 2.47. The van der Waals surface area contributed by atoms with Crippen LogP contribution in [-0.4, -0.2) is 23.5 Å². The second-order valence-corrected chi connectivity index (χ2v) is 7.67. The monoisotopic (exact) mass is 315 g/mol. The minimum absolute atomic E-state index is 0.0362. The van der Waals surface area contributed by atoms with Crippen LogP contribution in [0.25, 0.3) is 10.2 Å². The summed E-state index contributed by atoms with van der Waals surface area (Å²) in [5.41, 5.74) is 7.27. The average molecular weight is 315 g/mol. The second kappa shape index (κ2) is 5.63. The minimum Gasteiger partial charge on any atom is -0.355 e. The smallest absolute Gasteiger partial charge is 0.224 e. The van der Waals surface area contributed by atoms with E-state index in [1.807, 2.05) is 18.2 Å². The number of nitrogens with one attached hydrogen (secondary N) is 1. The van der Waals surface area contributed by atoms with Crippen LogP contribution in [0.5, 0.6) is 0 Å². The van der Waals surface area contributed by atoms with Crippen molar-refractivity contribution in [2.45, 2.75) is 31.7 Å². The van der Waals surface area contributed by atoms with Crippen molar-refractivity contribution >= 4 is 27.5 Å². The van der Waals surface area contributed by atoms with Gasteiger partial charge in [-0.2, -0.15) is 0 Å². The van der Waals surface area contributed by atoms with Crippen molar-refractivity contribution < 1.29 is 4.79 Å². The van der Waals surface area contributed by atoms with E-state index in [2.05, 4.69) is 16.4 Å². The molecule has 3 N–H and O–H groups in total. The first-order valence-electron chi connectivity index (χ1n) is 8.10. The molecular weight excluding hydrogens is 294 g/mol. The van der Waals surface area contributed by atoms with E-state index in [1.54, 1.807) is 11.3 Å². The van der Waals surface area contributed by atoms with Crippen molar-refractivity contribution in [2.24, 2.45) is 23.5 Å². The zero-order valence-corrected chi connectivity index (χ0v) is 13.3. The van der Waals surface area contributed by atoms with Gasteiger partial charge in [-0.25, -0.2) is 4.98 Å². The van der Waals surface area contributed by atoms with E-state index in [0.717, 1.165) is 23.4 Å². The van der Waals surface area contributed by atoms with Crippen LogP contribution in [0.15, 0.2) is 24.3 Å². The summed E-state index contributed by atoms with van der Waals surface area (Å²) >= 11 is 1.71. The molecular formula is C17H21N3OS. The second-order valence-electron chi connectivity index (χ2n) is 6.55. The Labute approximate surface area is 134 Å². The molecule has 2 aliphatic rings. The maximum atomic E-state index is 12.4. The number of nitrogens with zero attached hydrogens (tertiary/aromatic N) is 1. The molecule has 2 aliphatic carbocycles. The predicted octanol–water partition coefficient (Wildman–Crippen LogP) is 2.33. The van der Waals surface area contributed by atoms with E-state index in [-0.39, 0.29) is 17.9 Å². The number of hydrogen-bond donors (Lipinski definition) is 2. The number of carbonyl (C=O) groups is 1. The summed E-state index contributed by atoms with van der Waals surface area (Å²) in [6.07, 6.45) is 4.33. The Morgan fingerprint density at radius 2 is 2.14 bits per heavy atom. The largest absolute Gasteiger partial charge is 0.355 e. The molecule has 4 atom stereocenters. The first-order valence-corrected chi connectivity index (χ1v) is 8.92. The molecule has 4 nitrogen and oxygen atoms in total. The normalized spacial score (nSPS) is 30.0. The number of aromatic nitrogens is 1. The van der Waals surface area contributed by atoms with Crippen LogP contribution in [0.1, 0.15) is 24.3 Å². The summed E-state index contributed by atoms with van der Waals surface area (Å²) in [5, 5.41) is 4.16. The zero-order chi connectivity index (χ0) is 15.1. The number of thiazole rings is 1. The SMILES string of the molecule is NC1C2CCC(C2)C1C(=O)NCCc1nc2ccccc2s1. The Morgan fingerprint density at radius 3 is 2.91 bits per heavy atom. The maximum absolute atomic E-state index is 12.4. The van der Waals surface area contributed by atoms with E-state index in [9.17, 15) is 4.79 Å². The van der Waals surface area contributed by atoms with Gasteiger partial charge in [0.1, 0.15) is 0 Å². The van der Waals surface area contributed by atoms with Crippen molar-refractivity contribution in [1.29, 1.82) is 0 Å². The summed E-state index contributed by atoms with van der Waals surface area (Å²) in [5.74, 6) is 1.28. The number of hydrogen-bond acceptors (Lipinski definition) is 4. The molecule has 1 heterocycles. The molecule has 2 aromatic rings. The maximum Gasteiger partial charge on any atom is 0.224 e. The molecule has 0 saturated heterocycles. The van der Waals surface area contributed by atoms with Gasteiger partial charge < -0.3 is 11.1 Å². The summed E-state index contributed by atoms with van der Waals surface area (Å²) < 4.78 is 1.21. The molecule has 0 radical (unpaired) electrons. The lowest BCUT2D eigenvalue weighted by Crippen LogP contribution is -2.45. The van der Waals surface area contributed by atoms with Gasteiger partial charge >= 0.3 is 0 Å². The van der Waals surface area contributed by atoms with E-state index in [4.69, 9.17) is 5.73 Å². The highest BCUT2D eigenvalue weighted by Gasteiger charge is 2.48. The molecule has 5 heteroatoms. The fraction of sp³-hybridized carbons (Fsp3) is 0.529.